The molecule has 0 saturated carbocycles. The first kappa shape index (κ1) is 17.3. The van der Waals surface area contributed by atoms with Crippen molar-refractivity contribution in [3.8, 4) is 0 Å². The van der Waals surface area contributed by atoms with Crippen LogP contribution in [0.15, 0.2) is 54.6 Å². The minimum absolute atomic E-state index is 0.0801. The average Bonchev–Trinajstić information content (AvgIpc) is 3.26. The minimum atomic E-state index is -0.859. The van der Waals surface area contributed by atoms with Gasteiger partial charge in [-0.3, -0.25) is 14.3 Å². The number of aryl methyl sites for hydroxylation is 1. The molecule has 138 valence electrons. The fourth-order valence-corrected chi connectivity index (χ4v) is 3.97. The number of nitrogens with zero attached hydrogens (tertiary/aromatic N) is 3. The summed E-state index contributed by atoms with van der Waals surface area (Å²) in [6.45, 7) is 0.656. The number of rotatable bonds is 4. The second-order valence-electron chi connectivity index (χ2n) is 7.02. The first-order valence-corrected chi connectivity index (χ1v) is 9.00. The molecule has 0 bridgehead atoms. The number of carboxylic acid groups (broad SMARTS) is 1. The van der Waals surface area contributed by atoms with Gasteiger partial charge in [-0.1, -0.05) is 48.5 Å². The molecule has 4 rings (SSSR count). The summed E-state index contributed by atoms with van der Waals surface area (Å²) in [6, 6.07) is 17.4. The fraction of sp³-hybridized carbons (Fsp3) is 0.286. The average molecular weight is 363 g/mol. The van der Waals surface area contributed by atoms with Crippen LogP contribution in [0.4, 0.5) is 0 Å². The van der Waals surface area contributed by atoms with Gasteiger partial charge in [0.25, 0.3) is 0 Å². The van der Waals surface area contributed by atoms with Gasteiger partial charge in [0.1, 0.15) is 0 Å². The molecule has 2 heterocycles. The van der Waals surface area contributed by atoms with Crippen LogP contribution in [0.5, 0.6) is 0 Å². The lowest BCUT2D eigenvalue weighted by Crippen LogP contribution is -2.31. The molecule has 1 saturated heterocycles. The Morgan fingerprint density at radius 1 is 1.07 bits per heavy atom. The van der Waals surface area contributed by atoms with Gasteiger partial charge >= 0.3 is 5.97 Å². The van der Waals surface area contributed by atoms with E-state index in [0.29, 0.717) is 6.54 Å². The molecule has 6 nitrogen and oxygen atoms in total. The van der Waals surface area contributed by atoms with Crippen LogP contribution in [0.25, 0.3) is 10.9 Å². The largest absolute Gasteiger partial charge is 0.481 e. The topological polar surface area (TPSA) is 75.4 Å². The van der Waals surface area contributed by atoms with Gasteiger partial charge < -0.3 is 10.0 Å². The van der Waals surface area contributed by atoms with Crippen LogP contribution in [0, 0.1) is 5.92 Å². The second kappa shape index (κ2) is 6.87. The van der Waals surface area contributed by atoms with Crippen molar-refractivity contribution in [2.75, 3.05) is 13.1 Å². The van der Waals surface area contributed by atoms with E-state index in [1.165, 1.54) is 0 Å². The van der Waals surface area contributed by atoms with Crippen LogP contribution in [0.2, 0.25) is 0 Å². The molecule has 2 atom stereocenters. The molecular formula is C21H21N3O3. The van der Waals surface area contributed by atoms with Crippen molar-refractivity contribution in [3.05, 3.63) is 65.9 Å². The Hall–Kier alpha value is -3.15. The molecule has 3 aromatic rings. The van der Waals surface area contributed by atoms with Crippen LogP contribution >= 0.6 is 0 Å². The van der Waals surface area contributed by atoms with Crippen LogP contribution in [-0.2, 0) is 23.1 Å². The zero-order valence-corrected chi connectivity index (χ0v) is 15.1. The Kier molecular flexibility index (Phi) is 4.39. The summed E-state index contributed by atoms with van der Waals surface area (Å²) in [4.78, 5) is 26.3. The van der Waals surface area contributed by atoms with Crippen LogP contribution < -0.4 is 0 Å². The number of benzene rings is 2. The number of para-hydroxylation sites is 1. The Balaban J connectivity index is 1.56. The van der Waals surface area contributed by atoms with E-state index in [1.807, 2.05) is 61.6 Å². The Labute approximate surface area is 157 Å². The third kappa shape index (κ3) is 3.18. The highest BCUT2D eigenvalue weighted by Crippen LogP contribution is 2.33. The number of hydrogen-bond acceptors (Lipinski definition) is 3. The van der Waals surface area contributed by atoms with Gasteiger partial charge in [0.2, 0.25) is 5.91 Å². The predicted octanol–water partition coefficient (Wildman–Crippen LogP) is 2.44. The number of carboxylic acids is 1. The third-order valence-corrected chi connectivity index (χ3v) is 5.37. The summed E-state index contributed by atoms with van der Waals surface area (Å²) in [5.41, 5.74) is 2.67. The SMILES string of the molecule is Cn1nc(CC(=O)N2C[C@H](C(=O)O)[C@H](c3ccccc3)C2)c2ccccc21. The number of hydrogen-bond donors (Lipinski definition) is 1. The van der Waals surface area contributed by atoms with Gasteiger partial charge in [-0.2, -0.15) is 5.10 Å². The quantitative estimate of drug-likeness (QED) is 0.773. The molecule has 0 aliphatic carbocycles. The second-order valence-corrected chi connectivity index (χ2v) is 7.02. The van der Waals surface area contributed by atoms with Crippen molar-refractivity contribution in [3.63, 3.8) is 0 Å². The number of likely N-dealkylation sites (tertiary alicyclic amines) is 1. The number of fused-ring (bicyclic) bond motifs is 1. The number of aliphatic carboxylic acids is 1. The summed E-state index contributed by atoms with van der Waals surface area (Å²) >= 11 is 0. The highest BCUT2D eigenvalue weighted by Gasteiger charge is 2.40. The molecule has 1 N–H and O–H groups in total. The molecule has 1 aliphatic rings. The van der Waals surface area contributed by atoms with E-state index in [9.17, 15) is 14.7 Å². The van der Waals surface area contributed by atoms with Gasteiger partial charge in [-0.25, -0.2) is 0 Å². The van der Waals surface area contributed by atoms with Crippen molar-refractivity contribution in [1.82, 2.24) is 14.7 Å². The van der Waals surface area contributed by atoms with Crippen molar-refractivity contribution < 1.29 is 14.7 Å². The van der Waals surface area contributed by atoms with E-state index in [2.05, 4.69) is 5.10 Å². The van der Waals surface area contributed by atoms with Crippen molar-refractivity contribution in [2.45, 2.75) is 12.3 Å². The predicted molar refractivity (Wildman–Crippen MR) is 101 cm³/mol. The normalized spacial score (nSPS) is 19.5. The molecule has 6 heteroatoms. The van der Waals surface area contributed by atoms with Gasteiger partial charge in [0.05, 0.1) is 23.5 Å². The van der Waals surface area contributed by atoms with Gasteiger partial charge in [-0.05, 0) is 11.6 Å². The zero-order chi connectivity index (χ0) is 19.0. The van der Waals surface area contributed by atoms with E-state index in [-0.39, 0.29) is 24.8 Å². The Bertz CT molecular complexity index is 996. The molecular weight excluding hydrogens is 342 g/mol. The summed E-state index contributed by atoms with van der Waals surface area (Å²) in [7, 11) is 1.86. The van der Waals surface area contributed by atoms with Crippen molar-refractivity contribution in [1.29, 1.82) is 0 Å². The van der Waals surface area contributed by atoms with Crippen LogP contribution in [0.1, 0.15) is 17.2 Å². The Morgan fingerprint density at radius 3 is 2.52 bits per heavy atom. The van der Waals surface area contributed by atoms with Crippen molar-refractivity contribution in [2.24, 2.45) is 13.0 Å². The molecule has 2 aromatic carbocycles. The Morgan fingerprint density at radius 2 is 1.78 bits per heavy atom. The summed E-state index contributed by atoms with van der Waals surface area (Å²) in [6.07, 6.45) is 0.176. The van der Waals surface area contributed by atoms with E-state index >= 15 is 0 Å². The van der Waals surface area contributed by atoms with E-state index in [0.717, 1.165) is 22.2 Å². The summed E-state index contributed by atoms with van der Waals surface area (Å²) < 4.78 is 1.77. The molecule has 0 radical (unpaired) electrons. The smallest absolute Gasteiger partial charge is 0.308 e. The fourth-order valence-electron chi connectivity index (χ4n) is 3.97. The van der Waals surface area contributed by atoms with E-state index in [4.69, 9.17) is 0 Å². The third-order valence-electron chi connectivity index (χ3n) is 5.37. The number of carbonyl (C=O) groups is 2. The first-order valence-electron chi connectivity index (χ1n) is 9.00. The maximum absolute atomic E-state index is 12.9. The highest BCUT2D eigenvalue weighted by molar-refractivity contribution is 5.88. The zero-order valence-electron chi connectivity index (χ0n) is 15.1. The maximum atomic E-state index is 12.9. The summed E-state index contributed by atoms with van der Waals surface area (Å²) in [5.74, 6) is -1.71. The molecule has 0 spiro atoms. The number of carbonyl (C=O) groups excluding carboxylic acids is 1. The molecule has 1 amide bonds. The molecule has 27 heavy (non-hydrogen) atoms. The lowest BCUT2D eigenvalue weighted by molar-refractivity contribution is -0.141. The minimum Gasteiger partial charge on any atom is -0.481 e. The monoisotopic (exact) mass is 363 g/mol. The lowest BCUT2D eigenvalue weighted by Gasteiger charge is -2.16. The highest BCUT2D eigenvalue weighted by atomic mass is 16.4. The number of aromatic nitrogens is 2. The molecule has 1 aliphatic heterocycles. The van der Waals surface area contributed by atoms with Crippen LogP contribution in [-0.4, -0.2) is 44.8 Å². The molecule has 1 aromatic heterocycles. The van der Waals surface area contributed by atoms with Gasteiger partial charge in [-0.15, -0.1) is 0 Å². The molecule has 1 fully saturated rings. The van der Waals surface area contributed by atoms with Gasteiger partial charge in [0, 0.05) is 31.4 Å². The maximum Gasteiger partial charge on any atom is 0.308 e. The molecule has 0 unspecified atom stereocenters. The van der Waals surface area contributed by atoms with Crippen LogP contribution in [0.3, 0.4) is 0 Å². The lowest BCUT2D eigenvalue weighted by atomic mass is 9.89. The first-order chi connectivity index (χ1) is 13.0. The standard InChI is InChI=1S/C21H21N3O3/c1-23-19-10-6-5-9-15(19)18(22-23)11-20(25)24-12-16(17(13-24)21(26)27)14-7-3-2-4-8-14/h2-10,16-17H,11-13H2,1H3,(H,26,27)/t16-,17-/m0/s1. The van der Waals surface area contributed by atoms with Crippen molar-refractivity contribution >= 4 is 22.8 Å². The van der Waals surface area contributed by atoms with Gasteiger partial charge in [0.15, 0.2) is 0 Å². The van der Waals surface area contributed by atoms with E-state index < -0.39 is 11.9 Å². The summed E-state index contributed by atoms with van der Waals surface area (Å²) in [5, 5.41) is 15.1. The number of amides is 1. The van der Waals surface area contributed by atoms with E-state index in [1.54, 1.807) is 9.58 Å².